The third-order valence-electron chi connectivity index (χ3n) is 6.06. The van der Waals surface area contributed by atoms with Gasteiger partial charge in [-0.2, -0.15) is 0 Å². The van der Waals surface area contributed by atoms with Crippen molar-refractivity contribution < 1.29 is 14.4 Å². The number of hydrogen-bond acceptors (Lipinski definition) is 5. The van der Waals surface area contributed by atoms with Crippen LogP contribution in [0.25, 0.3) is 0 Å². The smallest absolute Gasteiger partial charge is 0.234 e. The Morgan fingerprint density at radius 2 is 1.82 bits per heavy atom. The van der Waals surface area contributed by atoms with E-state index in [2.05, 4.69) is 22.5 Å². The number of carbonyl (C=O) groups excluding carboxylic acids is 3. The molecule has 5 rings (SSSR count). The lowest BCUT2D eigenvalue weighted by Crippen LogP contribution is -2.38. The average Bonchev–Trinajstić information content (AvgIpc) is 3.47. The van der Waals surface area contributed by atoms with Gasteiger partial charge in [0.2, 0.25) is 17.7 Å². The molecule has 7 heteroatoms. The highest BCUT2D eigenvalue weighted by Crippen LogP contribution is 2.54. The van der Waals surface area contributed by atoms with Gasteiger partial charge < -0.3 is 5.32 Å². The second-order valence-electron chi connectivity index (χ2n) is 7.56. The molecule has 1 saturated heterocycles. The van der Waals surface area contributed by atoms with Gasteiger partial charge in [0, 0.05) is 11.6 Å². The zero-order chi connectivity index (χ0) is 19.3. The number of thiazole rings is 1. The summed E-state index contributed by atoms with van der Waals surface area (Å²) < 4.78 is 0. The Bertz CT molecular complexity index is 927. The lowest BCUT2D eigenvalue weighted by atomic mass is 9.85. The van der Waals surface area contributed by atoms with Crippen LogP contribution in [0, 0.1) is 23.7 Å². The molecule has 1 aromatic carbocycles. The molecule has 2 aliphatic carbocycles. The summed E-state index contributed by atoms with van der Waals surface area (Å²) in [4.78, 5) is 44.5. The van der Waals surface area contributed by atoms with Crippen LogP contribution in [0.1, 0.15) is 24.4 Å². The number of aromatic nitrogens is 1. The lowest BCUT2D eigenvalue weighted by Gasteiger charge is -2.28. The van der Waals surface area contributed by atoms with Crippen molar-refractivity contribution in [1.29, 1.82) is 0 Å². The Morgan fingerprint density at radius 1 is 1.14 bits per heavy atom. The standard InChI is InChI=1S/C21H19N3O3S/c25-16(23-21-22-8-9-28-21)11-15(12-4-2-1-3-5-12)24-19(26)17-13-6-7-14(10-13)18(17)20(24)27/h1-9,13-15,17-18H,10-11H2,(H,22,23,25). The van der Waals surface area contributed by atoms with Crippen molar-refractivity contribution in [2.24, 2.45) is 23.7 Å². The Morgan fingerprint density at radius 3 is 2.43 bits per heavy atom. The average molecular weight is 393 g/mol. The number of hydrogen-bond donors (Lipinski definition) is 1. The molecule has 1 N–H and O–H groups in total. The first kappa shape index (κ1) is 17.3. The first-order chi connectivity index (χ1) is 13.6. The minimum atomic E-state index is -0.605. The lowest BCUT2D eigenvalue weighted by molar-refractivity contribution is -0.144. The summed E-state index contributed by atoms with van der Waals surface area (Å²) >= 11 is 1.33. The molecule has 0 radical (unpaired) electrons. The number of allylic oxidation sites excluding steroid dienone is 2. The van der Waals surface area contributed by atoms with E-state index < -0.39 is 6.04 Å². The largest absolute Gasteiger partial charge is 0.302 e. The van der Waals surface area contributed by atoms with Crippen LogP contribution in [-0.4, -0.2) is 27.6 Å². The first-order valence-electron chi connectivity index (χ1n) is 9.43. The van der Waals surface area contributed by atoms with Crippen LogP contribution in [0.15, 0.2) is 54.1 Å². The molecule has 5 atom stereocenters. The van der Waals surface area contributed by atoms with Crippen LogP contribution in [-0.2, 0) is 14.4 Å². The number of carbonyl (C=O) groups is 3. The SMILES string of the molecule is O=C(CC(c1ccccc1)N1C(=O)C2C3C=CC(C3)C2C1=O)Nc1nccs1. The minimum absolute atomic E-state index is 0.0171. The van der Waals surface area contributed by atoms with E-state index in [4.69, 9.17) is 0 Å². The molecule has 2 fully saturated rings. The van der Waals surface area contributed by atoms with Crippen molar-refractivity contribution in [2.45, 2.75) is 18.9 Å². The van der Waals surface area contributed by atoms with E-state index in [0.717, 1.165) is 12.0 Å². The maximum Gasteiger partial charge on any atom is 0.234 e. The van der Waals surface area contributed by atoms with Crippen molar-refractivity contribution >= 4 is 34.2 Å². The number of likely N-dealkylation sites (tertiary alicyclic amines) is 1. The van der Waals surface area contributed by atoms with Crippen LogP contribution in [0.3, 0.4) is 0 Å². The fourth-order valence-electron chi connectivity index (χ4n) is 4.90. The highest BCUT2D eigenvalue weighted by molar-refractivity contribution is 7.13. The minimum Gasteiger partial charge on any atom is -0.302 e. The van der Waals surface area contributed by atoms with Gasteiger partial charge in [-0.1, -0.05) is 42.5 Å². The normalized spacial score (nSPS) is 28.6. The number of nitrogens with zero attached hydrogens (tertiary/aromatic N) is 2. The van der Waals surface area contributed by atoms with E-state index in [-0.39, 0.29) is 47.8 Å². The molecule has 28 heavy (non-hydrogen) atoms. The number of rotatable bonds is 5. The molecule has 1 aliphatic heterocycles. The molecule has 6 nitrogen and oxygen atoms in total. The van der Waals surface area contributed by atoms with Crippen molar-refractivity contribution in [1.82, 2.24) is 9.88 Å². The molecule has 3 amide bonds. The predicted molar refractivity (Wildman–Crippen MR) is 104 cm³/mol. The van der Waals surface area contributed by atoms with E-state index in [1.807, 2.05) is 30.3 Å². The zero-order valence-corrected chi connectivity index (χ0v) is 15.8. The maximum absolute atomic E-state index is 13.2. The maximum atomic E-state index is 13.2. The Kier molecular flexibility index (Phi) is 4.12. The first-order valence-corrected chi connectivity index (χ1v) is 10.3. The van der Waals surface area contributed by atoms with Crippen molar-refractivity contribution in [3.05, 3.63) is 59.6 Å². The van der Waals surface area contributed by atoms with Crippen molar-refractivity contribution in [3.8, 4) is 0 Å². The molecular weight excluding hydrogens is 374 g/mol. The van der Waals surface area contributed by atoms with Crippen LogP contribution in [0.5, 0.6) is 0 Å². The van der Waals surface area contributed by atoms with E-state index in [1.54, 1.807) is 11.6 Å². The molecule has 0 spiro atoms. The third-order valence-corrected chi connectivity index (χ3v) is 6.75. The molecule has 2 bridgehead atoms. The molecule has 2 heterocycles. The molecule has 2 aromatic rings. The number of benzene rings is 1. The molecule has 5 unspecified atom stereocenters. The Hall–Kier alpha value is -2.80. The molecule has 3 aliphatic rings. The highest BCUT2D eigenvalue weighted by atomic mass is 32.1. The molecule has 142 valence electrons. The molecular formula is C21H19N3O3S. The Balaban J connectivity index is 1.44. The van der Waals surface area contributed by atoms with Gasteiger partial charge >= 0.3 is 0 Å². The number of anilines is 1. The van der Waals surface area contributed by atoms with Gasteiger partial charge in [0.05, 0.1) is 24.3 Å². The monoisotopic (exact) mass is 393 g/mol. The second kappa shape index (κ2) is 6.67. The van der Waals surface area contributed by atoms with Gasteiger partial charge in [-0.3, -0.25) is 19.3 Å². The summed E-state index contributed by atoms with van der Waals surface area (Å²) in [5.41, 5.74) is 0.791. The van der Waals surface area contributed by atoms with Crippen LogP contribution in [0.2, 0.25) is 0 Å². The molecule has 1 aromatic heterocycles. The number of nitrogens with one attached hydrogen (secondary N) is 1. The van der Waals surface area contributed by atoms with E-state index in [0.29, 0.717) is 5.13 Å². The van der Waals surface area contributed by atoms with Gasteiger partial charge in [-0.05, 0) is 23.8 Å². The predicted octanol–water partition coefficient (Wildman–Crippen LogP) is 3.02. The van der Waals surface area contributed by atoms with Gasteiger partial charge in [0.25, 0.3) is 0 Å². The number of amides is 3. The van der Waals surface area contributed by atoms with Gasteiger partial charge in [-0.25, -0.2) is 4.98 Å². The van der Waals surface area contributed by atoms with Gasteiger partial charge in [-0.15, -0.1) is 11.3 Å². The second-order valence-corrected chi connectivity index (χ2v) is 8.46. The molecule has 1 saturated carbocycles. The van der Waals surface area contributed by atoms with Crippen molar-refractivity contribution in [2.75, 3.05) is 5.32 Å². The summed E-state index contributed by atoms with van der Waals surface area (Å²) in [6.07, 6.45) is 6.68. The fourth-order valence-corrected chi connectivity index (χ4v) is 5.44. The zero-order valence-electron chi connectivity index (χ0n) is 15.0. The summed E-state index contributed by atoms with van der Waals surface area (Å²) in [7, 11) is 0. The van der Waals surface area contributed by atoms with Crippen LogP contribution >= 0.6 is 11.3 Å². The van der Waals surface area contributed by atoms with E-state index >= 15 is 0 Å². The topological polar surface area (TPSA) is 79.4 Å². The summed E-state index contributed by atoms with van der Waals surface area (Å²) in [6, 6.07) is 8.72. The van der Waals surface area contributed by atoms with Crippen LogP contribution < -0.4 is 5.32 Å². The highest BCUT2D eigenvalue weighted by Gasteiger charge is 2.60. The van der Waals surface area contributed by atoms with Crippen molar-refractivity contribution in [3.63, 3.8) is 0 Å². The summed E-state index contributed by atoms with van der Waals surface area (Å²) in [5.74, 6) is -0.770. The summed E-state index contributed by atoms with van der Waals surface area (Å²) in [6.45, 7) is 0. The van der Waals surface area contributed by atoms with E-state index in [1.165, 1.54) is 16.2 Å². The van der Waals surface area contributed by atoms with E-state index in [9.17, 15) is 14.4 Å². The quantitative estimate of drug-likeness (QED) is 0.626. The fraction of sp³-hybridized carbons (Fsp3) is 0.333. The Labute approximate surface area is 166 Å². The van der Waals surface area contributed by atoms with Gasteiger partial charge in [0.1, 0.15) is 0 Å². The van der Waals surface area contributed by atoms with Gasteiger partial charge in [0.15, 0.2) is 5.13 Å². The third kappa shape index (κ3) is 2.69. The number of imide groups is 1. The number of fused-ring (bicyclic) bond motifs is 5. The van der Waals surface area contributed by atoms with Crippen LogP contribution in [0.4, 0.5) is 5.13 Å². The summed E-state index contributed by atoms with van der Waals surface area (Å²) in [5, 5.41) is 5.05.